The normalized spacial score (nSPS) is 12.2. The molecule has 1 unspecified atom stereocenters. The van der Waals surface area contributed by atoms with E-state index in [0.29, 0.717) is 15.7 Å². The maximum atomic E-state index is 12.2. The van der Waals surface area contributed by atoms with Crippen molar-refractivity contribution in [1.82, 2.24) is 10.3 Å². The monoisotopic (exact) mass is 361 g/mol. The fourth-order valence-electron chi connectivity index (χ4n) is 2.52. The van der Waals surface area contributed by atoms with Crippen LogP contribution in [-0.2, 0) is 0 Å². The Morgan fingerprint density at radius 3 is 2.67 bits per heavy atom. The van der Waals surface area contributed by atoms with E-state index in [9.17, 15) is 4.79 Å². The second kappa shape index (κ2) is 6.75. The second-order valence-corrected chi connectivity index (χ2v) is 6.54. The number of aromatic nitrogens is 1. The van der Waals surface area contributed by atoms with Gasteiger partial charge < -0.3 is 15.6 Å². The van der Waals surface area contributed by atoms with Gasteiger partial charge in [-0.1, -0.05) is 35.3 Å². The third-order valence-electron chi connectivity index (χ3n) is 3.92. The number of benzene rings is 2. The minimum absolute atomic E-state index is 0.173. The van der Waals surface area contributed by atoms with Crippen LogP contribution in [0.1, 0.15) is 24.1 Å². The Bertz CT molecular complexity index is 904. The molecule has 1 heterocycles. The van der Waals surface area contributed by atoms with E-state index in [2.05, 4.69) is 15.6 Å². The molecule has 0 spiro atoms. The molecule has 0 aliphatic rings. The van der Waals surface area contributed by atoms with Gasteiger partial charge in [-0.15, -0.1) is 0 Å². The minimum Gasteiger partial charge on any atom is -0.361 e. The lowest BCUT2D eigenvalue weighted by molar-refractivity contribution is 0.249. The Labute approximate surface area is 150 Å². The summed E-state index contributed by atoms with van der Waals surface area (Å²) < 4.78 is 0. The molecule has 24 heavy (non-hydrogen) atoms. The van der Waals surface area contributed by atoms with Gasteiger partial charge in [0.05, 0.1) is 11.1 Å². The number of halogens is 2. The van der Waals surface area contributed by atoms with Crippen LogP contribution in [0.25, 0.3) is 10.9 Å². The number of amides is 2. The summed E-state index contributed by atoms with van der Waals surface area (Å²) in [6, 6.07) is 10.7. The van der Waals surface area contributed by atoms with Crippen LogP contribution in [0.4, 0.5) is 10.5 Å². The highest BCUT2D eigenvalue weighted by Crippen LogP contribution is 2.27. The third kappa shape index (κ3) is 3.50. The van der Waals surface area contributed by atoms with E-state index in [1.54, 1.807) is 6.07 Å². The van der Waals surface area contributed by atoms with Gasteiger partial charge >= 0.3 is 6.03 Å². The molecule has 2 amide bonds. The van der Waals surface area contributed by atoms with Crippen LogP contribution in [0.3, 0.4) is 0 Å². The minimum atomic E-state index is -0.304. The second-order valence-electron chi connectivity index (χ2n) is 5.73. The Hall–Kier alpha value is -2.17. The van der Waals surface area contributed by atoms with Crippen molar-refractivity contribution in [2.75, 3.05) is 5.32 Å². The number of anilines is 1. The topological polar surface area (TPSA) is 56.9 Å². The maximum Gasteiger partial charge on any atom is 0.319 e. The molecule has 0 saturated carbocycles. The van der Waals surface area contributed by atoms with Crippen LogP contribution in [0, 0.1) is 6.92 Å². The number of aromatic amines is 1. The largest absolute Gasteiger partial charge is 0.361 e. The van der Waals surface area contributed by atoms with Gasteiger partial charge in [0, 0.05) is 27.8 Å². The number of hydrogen-bond donors (Lipinski definition) is 3. The number of fused-ring (bicyclic) bond motifs is 1. The average Bonchev–Trinajstić information content (AvgIpc) is 2.98. The van der Waals surface area contributed by atoms with Gasteiger partial charge in [-0.25, -0.2) is 4.79 Å². The van der Waals surface area contributed by atoms with E-state index in [-0.39, 0.29) is 12.1 Å². The number of aryl methyl sites for hydroxylation is 1. The number of hydrogen-bond acceptors (Lipinski definition) is 1. The zero-order chi connectivity index (χ0) is 17.3. The van der Waals surface area contributed by atoms with E-state index in [0.717, 1.165) is 22.0 Å². The third-order valence-corrected chi connectivity index (χ3v) is 4.64. The molecule has 2 aromatic carbocycles. The van der Waals surface area contributed by atoms with Crippen LogP contribution in [0.2, 0.25) is 10.0 Å². The first-order valence-corrected chi connectivity index (χ1v) is 8.30. The molecule has 4 nitrogen and oxygen atoms in total. The molecular weight excluding hydrogens is 345 g/mol. The highest BCUT2D eigenvalue weighted by molar-refractivity contribution is 6.35. The first-order chi connectivity index (χ1) is 11.4. The molecule has 3 N–H and O–H groups in total. The molecule has 0 saturated heterocycles. The molecule has 124 valence electrons. The average molecular weight is 362 g/mol. The van der Waals surface area contributed by atoms with Crippen molar-refractivity contribution < 1.29 is 4.79 Å². The predicted molar refractivity (Wildman–Crippen MR) is 100 cm³/mol. The zero-order valence-electron chi connectivity index (χ0n) is 13.3. The smallest absolute Gasteiger partial charge is 0.319 e. The van der Waals surface area contributed by atoms with Crippen molar-refractivity contribution in [3.63, 3.8) is 0 Å². The van der Waals surface area contributed by atoms with Crippen molar-refractivity contribution in [2.45, 2.75) is 19.9 Å². The van der Waals surface area contributed by atoms with Gasteiger partial charge in [0.2, 0.25) is 0 Å². The Morgan fingerprint density at radius 1 is 1.12 bits per heavy atom. The van der Waals surface area contributed by atoms with E-state index in [1.165, 1.54) is 0 Å². The molecule has 1 aromatic heterocycles. The summed E-state index contributed by atoms with van der Waals surface area (Å²) in [5, 5.41) is 7.89. The maximum absolute atomic E-state index is 12.2. The van der Waals surface area contributed by atoms with Crippen molar-refractivity contribution >= 4 is 45.8 Å². The van der Waals surface area contributed by atoms with Crippen LogP contribution in [0.5, 0.6) is 0 Å². The van der Waals surface area contributed by atoms with Gasteiger partial charge in [-0.3, -0.25) is 0 Å². The van der Waals surface area contributed by atoms with Crippen LogP contribution in [-0.4, -0.2) is 11.0 Å². The molecular formula is C18H17Cl2N3O. The first-order valence-electron chi connectivity index (χ1n) is 7.54. The van der Waals surface area contributed by atoms with Crippen LogP contribution >= 0.6 is 23.2 Å². The van der Waals surface area contributed by atoms with Crippen molar-refractivity contribution in [3.05, 3.63) is 63.8 Å². The molecule has 0 radical (unpaired) electrons. The van der Waals surface area contributed by atoms with E-state index in [1.807, 2.05) is 50.4 Å². The van der Waals surface area contributed by atoms with Gasteiger partial charge in [0.1, 0.15) is 0 Å². The fourth-order valence-corrected chi connectivity index (χ4v) is 2.99. The number of carbonyl (C=O) groups is 1. The van der Waals surface area contributed by atoms with E-state index in [4.69, 9.17) is 23.2 Å². The molecule has 3 aromatic rings. The van der Waals surface area contributed by atoms with Crippen LogP contribution in [0.15, 0.2) is 42.6 Å². The highest BCUT2D eigenvalue weighted by Gasteiger charge is 2.12. The summed E-state index contributed by atoms with van der Waals surface area (Å²) in [5.74, 6) is 0. The number of nitrogens with one attached hydrogen (secondary N) is 3. The highest BCUT2D eigenvalue weighted by atomic mass is 35.5. The molecule has 0 bridgehead atoms. The van der Waals surface area contributed by atoms with Crippen LogP contribution < -0.4 is 10.6 Å². The molecule has 0 fully saturated rings. The summed E-state index contributed by atoms with van der Waals surface area (Å²) >= 11 is 12.4. The summed E-state index contributed by atoms with van der Waals surface area (Å²) in [7, 11) is 0. The number of H-pyrrole nitrogens is 1. The van der Waals surface area contributed by atoms with Crippen molar-refractivity contribution in [3.8, 4) is 0 Å². The Morgan fingerprint density at radius 2 is 1.92 bits per heavy atom. The molecule has 3 rings (SSSR count). The van der Waals surface area contributed by atoms with Crippen molar-refractivity contribution in [1.29, 1.82) is 0 Å². The standard InChI is InChI=1S/C18H17Cl2N3O/c1-10-3-4-12(7-15(10)19)11(2)22-18(24)23-13-8-16(20)14-5-6-21-17(14)9-13/h3-9,11,21H,1-2H3,(H2,22,23,24). The lowest BCUT2D eigenvalue weighted by Crippen LogP contribution is -2.31. The quantitative estimate of drug-likeness (QED) is 0.553. The number of urea groups is 1. The zero-order valence-corrected chi connectivity index (χ0v) is 14.8. The van der Waals surface area contributed by atoms with E-state index < -0.39 is 0 Å². The molecule has 0 aliphatic heterocycles. The molecule has 6 heteroatoms. The van der Waals surface area contributed by atoms with Crippen molar-refractivity contribution in [2.24, 2.45) is 0 Å². The Kier molecular flexibility index (Phi) is 4.69. The van der Waals surface area contributed by atoms with Gasteiger partial charge in [-0.2, -0.15) is 0 Å². The van der Waals surface area contributed by atoms with E-state index >= 15 is 0 Å². The predicted octanol–water partition coefficient (Wildman–Crippen LogP) is 5.67. The van der Waals surface area contributed by atoms with Gasteiger partial charge in [0.15, 0.2) is 0 Å². The lowest BCUT2D eigenvalue weighted by atomic mass is 10.1. The summed E-state index contributed by atoms with van der Waals surface area (Å²) in [6.07, 6.45) is 1.81. The lowest BCUT2D eigenvalue weighted by Gasteiger charge is -2.16. The SMILES string of the molecule is Cc1ccc(C(C)NC(=O)Nc2cc(Cl)c3cc[nH]c3c2)cc1Cl. The Balaban J connectivity index is 1.70. The summed E-state index contributed by atoms with van der Waals surface area (Å²) in [5.41, 5.74) is 3.45. The van der Waals surface area contributed by atoms with Gasteiger partial charge in [-0.05, 0) is 49.2 Å². The summed E-state index contributed by atoms with van der Waals surface area (Å²) in [6.45, 7) is 3.85. The van der Waals surface area contributed by atoms with Gasteiger partial charge in [0.25, 0.3) is 0 Å². The summed E-state index contributed by atoms with van der Waals surface area (Å²) in [4.78, 5) is 15.3. The molecule has 0 aliphatic carbocycles. The number of carbonyl (C=O) groups excluding carboxylic acids is 1. The first kappa shape index (κ1) is 16.7. The number of rotatable bonds is 3. The fraction of sp³-hybridized carbons (Fsp3) is 0.167. The molecule has 1 atom stereocenters.